The molecule has 1 aliphatic rings. The second-order valence-corrected chi connectivity index (χ2v) is 6.69. The molecule has 2 aromatic rings. The van der Waals surface area contributed by atoms with Gasteiger partial charge in [0.15, 0.2) is 5.96 Å². The van der Waals surface area contributed by atoms with E-state index in [9.17, 15) is 0 Å². The van der Waals surface area contributed by atoms with Crippen molar-refractivity contribution < 1.29 is 9.47 Å². The molecule has 7 heteroatoms. The zero-order valence-corrected chi connectivity index (χ0v) is 18.7. The molecule has 2 aromatic carbocycles. The molecule has 146 valence electrons. The Hall–Kier alpha value is -1.67. The monoisotopic (exact) mass is 501 g/mol. The van der Waals surface area contributed by atoms with E-state index in [4.69, 9.17) is 21.1 Å². The minimum absolute atomic E-state index is 0. The molecule has 2 N–H and O–H groups in total. The van der Waals surface area contributed by atoms with E-state index in [0.717, 1.165) is 34.5 Å². The van der Waals surface area contributed by atoms with Gasteiger partial charge in [-0.2, -0.15) is 0 Å². The van der Waals surface area contributed by atoms with Crippen molar-refractivity contribution >= 4 is 41.5 Å². The molecule has 27 heavy (non-hydrogen) atoms. The van der Waals surface area contributed by atoms with Gasteiger partial charge in [-0.25, -0.2) is 0 Å². The summed E-state index contributed by atoms with van der Waals surface area (Å²) in [6, 6.07) is 14.2. The predicted molar refractivity (Wildman–Crippen MR) is 121 cm³/mol. The molecule has 0 radical (unpaired) electrons. The predicted octanol–water partition coefficient (Wildman–Crippen LogP) is 4.20. The summed E-state index contributed by atoms with van der Waals surface area (Å²) in [5.74, 6) is 2.81. The topological polar surface area (TPSA) is 54.9 Å². The Morgan fingerprint density at radius 3 is 2.67 bits per heavy atom. The summed E-state index contributed by atoms with van der Waals surface area (Å²) >= 11 is 6.09. The van der Waals surface area contributed by atoms with Crippen molar-refractivity contribution in [2.45, 2.75) is 24.9 Å². The molecule has 0 saturated heterocycles. The van der Waals surface area contributed by atoms with Crippen LogP contribution >= 0.6 is 35.6 Å². The first kappa shape index (κ1) is 21.6. The van der Waals surface area contributed by atoms with E-state index < -0.39 is 0 Å². The molecule has 0 bridgehead atoms. The first-order valence-corrected chi connectivity index (χ1v) is 8.96. The van der Waals surface area contributed by atoms with E-state index in [1.54, 1.807) is 21.3 Å². The van der Waals surface area contributed by atoms with Crippen LogP contribution in [0.3, 0.4) is 0 Å². The Bertz CT molecular complexity index is 801. The van der Waals surface area contributed by atoms with Gasteiger partial charge in [-0.05, 0) is 36.2 Å². The third-order valence-electron chi connectivity index (χ3n) is 4.55. The van der Waals surface area contributed by atoms with E-state index in [0.29, 0.717) is 18.5 Å². The van der Waals surface area contributed by atoms with Crippen molar-refractivity contribution in [1.82, 2.24) is 10.6 Å². The van der Waals surface area contributed by atoms with Crippen molar-refractivity contribution in [1.29, 1.82) is 0 Å². The number of aliphatic imine (C=N–C) groups is 1. The Labute approximate surface area is 182 Å². The van der Waals surface area contributed by atoms with Gasteiger partial charge in [0.2, 0.25) is 0 Å². The van der Waals surface area contributed by atoms with Crippen molar-refractivity contribution in [2.24, 2.45) is 4.99 Å². The summed E-state index contributed by atoms with van der Waals surface area (Å²) < 4.78 is 10.7. The fraction of sp³-hybridized carbons (Fsp3) is 0.350. The highest BCUT2D eigenvalue weighted by atomic mass is 127. The molecule has 1 fully saturated rings. The highest BCUT2D eigenvalue weighted by Crippen LogP contribution is 2.41. The van der Waals surface area contributed by atoms with E-state index in [1.165, 1.54) is 5.56 Å². The molecule has 1 aliphatic carbocycles. The van der Waals surface area contributed by atoms with Gasteiger partial charge in [0.05, 0.1) is 14.2 Å². The molecule has 0 aliphatic heterocycles. The maximum absolute atomic E-state index is 6.09. The van der Waals surface area contributed by atoms with Crippen molar-refractivity contribution in [3.05, 3.63) is 58.6 Å². The summed E-state index contributed by atoms with van der Waals surface area (Å²) in [5, 5.41) is 7.59. The highest BCUT2D eigenvalue weighted by molar-refractivity contribution is 14.0. The minimum atomic E-state index is 0. The number of hydrogen-bond acceptors (Lipinski definition) is 3. The summed E-state index contributed by atoms with van der Waals surface area (Å²) in [6.07, 6.45) is 1.08. The molecule has 3 rings (SSSR count). The summed E-state index contributed by atoms with van der Waals surface area (Å²) in [5.41, 5.74) is 2.31. The zero-order valence-electron chi connectivity index (χ0n) is 15.7. The third-order valence-corrected chi connectivity index (χ3v) is 4.79. The maximum Gasteiger partial charge on any atom is 0.191 e. The van der Waals surface area contributed by atoms with Crippen LogP contribution < -0.4 is 20.1 Å². The lowest BCUT2D eigenvalue weighted by Gasteiger charge is -2.14. The smallest absolute Gasteiger partial charge is 0.191 e. The standard InChI is InChI=1S/C20H24ClN3O2.HI/c1-22-20(23-12-14-7-8-16(25-2)10-19(14)26-3)24-18-11-17(18)13-5-4-6-15(21)9-13;/h4-10,17-18H,11-12H2,1-3H3,(H2,22,23,24);1H. The van der Waals surface area contributed by atoms with Crippen LogP contribution in [-0.2, 0) is 6.54 Å². The SMILES string of the molecule is CN=C(NCc1ccc(OC)cc1OC)NC1CC1c1cccc(Cl)c1.I. The average molecular weight is 502 g/mol. The fourth-order valence-electron chi connectivity index (χ4n) is 3.01. The van der Waals surface area contributed by atoms with Crippen molar-refractivity contribution in [3.8, 4) is 11.5 Å². The minimum Gasteiger partial charge on any atom is -0.497 e. The van der Waals surface area contributed by atoms with Crippen molar-refractivity contribution in [3.63, 3.8) is 0 Å². The summed E-state index contributed by atoms with van der Waals surface area (Å²) in [6.45, 7) is 0.612. The van der Waals surface area contributed by atoms with Crippen molar-refractivity contribution in [2.75, 3.05) is 21.3 Å². The van der Waals surface area contributed by atoms with Gasteiger partial charge in [0.25, 0.3) is 0 Å². The van der Waals surface area contributed by atoms with Crippen LogP contribution in [-0.4, -0.2) is 33.3 Å². The lowest BCUT2D eigenvalue weighted by atomic mass is 10.1. The molecule has 5 nitrogen and oxygen atoms in total. The van der Waals surface area contributed by atoms with Crippen LogP contribution in [0.5, 0.6) is 11.5 Å². The van der Waals surface area contributed by atoms with Gasteiger partial charge in [0.1, 0.15) is 11.5 Å². The molecule has 0 heterocycles. The lowest BCUT2D eigenvalue weighted by molar-refractivity contribution is 0.390. The fourth-order valence-corrected chi connectivity index (χ4v) is 3.21. The first-order chi connectivity index (χ1) is 12.6. The van der Waals surface area contributed by atoms with E-state index >= 15 is 0 Å². The number of benzene rings is 2. The van der Waals surface area contributed by atoms with Gasteiger partial charge in [-0.1, -0.05) is 23.7 Å². The molecule has 2 unspecified atom stereocenters. The third kappa shape index (κ3) is 5.65. The van der Waals surface area contributed by atoms with Crippen LogP contribution in [0.25, 0.3) is 0 Å². The average Bonchev–Trinajstić information content (AvgIpc) is 3.44. The molecule has 0 amide bonds. The number of rotatable bonds is 6. The number of methoxy groups -OCH3 is 2. The molecular weight excluding hydrogens is 477 g/mol. The largest absolute Gasteiger partial charge is 0.497 e. The Morgan fingerprint density at radius 1 is 1.19 bits per heavy atom. The molecule has 0 spiro atoms. The maximum atomic E-state index is 6.09. The number of nitrogens with one attached hydrogen (secondary N) is 2. The van der Waals surface area contributed by atoms with Crippen LogP contribution in [0, 0.1) is 0 Å². The molecule has 1 saturated carbocycles. The van der Waals surface area contributed by atoms with Gasteiger partial charge in [0, 0.05) is 42.2 Å². The van der Waals surface area contributed by atoms with Gasteiger partial charge >= 0.3 is 0 Å². The van der Waals surface area contributed by atoms with E-state index in [1.807, 2.05) is 36.4 Å². The Morgan fingerprint density at radius 2 is 2.00 bits per heavy atom. The second-order valence-electron chi connectivity index (χ2n) is 6.25. The Balaban J connectivity index is 0.00000261. The van der Waals surface area contributed by atoms with Crippen LogP contribution in [0.2, 0.25) is 5.02 Å². The second kappa shape index (κ2) is 10.0. The summed E-state index contributed by atoms with van der Waals surface area (Å²) in [7, 11) is 5.08. The van der Waals surface area contributed by atoms with Gasteiger partial charge < -0.3 is 20.1 Å². The van der Waals surface area contributed by atoms with E-state index in [2.05, 4.69) is 21.7 Å². The molecule has 0 aromatic heterocycles. The lowest BCUT2D eigenvalue weighted by Crippen LogP contribution is -2.38. The highest BCUT2D eigenvalue weighted by Gasteiger charge is 2.39. The number of ether oxygens (including phenoxy) is 2. The number of halogens is 2. The molecule has 2 atom stereocenters. The first-order valence-electron chi connectivity index (χ1n) is 8.58. The Kier molecular flexibility index (Phi) is 8.04. The van der Waals surface area contributed by atoms with Gasteiger partial charge in [-0.3, -0.25) is 4.99 Å². The van der Waals surface area contributed by atoms with Crippen LogP contribution in [0.4, 0.5) is 0 Å². The van der Waals surface area contributed by atoms with Gasteiger partial charge in [-0.15, -0.1) is 24.0 Å². The number of guanidine groups is 1. The molecular formula is C20H25ClIN3O2. The number of hydrogen-bond donors (Lipinski definition) is 2. The van der Waals surface area contributed by atoms with Crippen LogP contribution in [0.1, 0.15) is 23.5 Å². The quantitative estimate of drug-likeness (QED) is 0.354. The number of nitrogens with zero attached hydrogens (tertiary/aromatic N) is 1. The normalized spacial score (nSPS) is 18.3. The van der Waals surface area contributed by atoms with E-state index in [-0.39, 0.29) is 24.0 Å². The van der Waals surface area contributed by atoms with Crippen LogP contribution in [0.15, 0.2) is 47.5 Å². The zero-order chi connectivity index (χ0) is 18.5. The summed E-state index contributed by atoms with van der Waals surface area (Å²) in [4.78, 5) is 4.32.